The third-order valence-electron chi connectivity index (χ3n) is 4.49. The number of thiazole rings is 1. The van der Waals surface area contributed by atoms with Crippen molar-refractivity contribution in [3.05, 3.63) is 59.5 Å². The molecule has 0 aliphatic rings. The number of anilines is 1. The fraction of sp³-hybridized carbons (Fsp3) is 0.238. The van der Waals surface area contributed by atoms with Crippen LogP contribution in [0, 0.1) is 0 Å². The van der Waals surface area contributed by atoms with Crippen LogP contribution in [0.1, 0.15) is 19.4 Å². The first-order chi connectivity index (χ1) is 14.5. The Kier molecular flexibility index (Phi) is 7.20. The molecular formula is C21H24N4O3S2. The van der Waals surface area contributed by atoms with E-state index < -0.39 is 10.0 Å². The highest BCUT2D eigenvalue weighted by molar-refractivity contribution is 7.89. The molecule has 1 heterocycles. The Morgan fingerprint density at radius 3 is 2.37 bits per heavy atom. The molecule has 30 heavy (non-hydrogen) atoms. The van der Waals surface area contributed by atoms with Crippen molar-refractivity contribution >= 4 is 32.7 Å². The lowest BCUT2D eigenvalue weighted by Crippen LogP contribution is -2.30. The van der Waals surface area contributed by atoms with Crippen molar-refractivity contribution in [2.45, 2.75) is 18.7 Å². The van der Waals surface area contributed by atoms with Crippen molar-refractivity contribution < 1.29 is 13.2 Å². The number of aromatic nitrogens is 1. The van der Waals surface area contributed by atoms with Gasteiger partial charge in [-0.1, -0.05) is 26.0 Å². The Hall–Kier alpha value is -2.75. The van der Waals surface area contributed by atoms with Gasteiger partial charge >= 0.3 is 0 Å². The van der Waals surface area contributed by atoms with E-state index in [0.29, 0.717) is 18.2 Å². The number of hydrogen-bond donors (Lipinski definition) is 1. The average Bonchev–Trinajstić information content (AvgIpc) is 3.24. The lowest BCUT2D eigenvalue weighted by atomic mass is 10.2. The van der Waals surface area contributed by atoms with Crippen LogP contribution in [0.3, 0.4) is 0 Å². The van der Waals surface area contributed by atoms with Gasteiger partial charge in [-0.25, -0.2) is 13.4 Å². The fourth-order valence-corrected chi connectivity index (χ4v) is 4.95. The highest BCUT2D eigenvalue weighted by atomic mass is 32.2. The van der Waals surface area contributed by atoms with Crippen LogP contribution < -0.4 is 10.2 Å². The van der Waals surface area contributed by atoms with E-state index >= 15 is 0 Å². The molecule has 0 amide bonds. The minimum atomic E-state index is -3.46. The van der Waals surface area contributed by atoms with Crippen LogP contribution in [0.5, 0.6) is 5.75 Å². The maximum Gasteiger partial charge on any atom is 0.243 e. The van der Waals surface area contributed by atoms with Crippen molar-refractivity contribution in [1.82, 2.24) is 9.29 Å². The van der Waals surface area contributed by atoms with E-state index in [1.165, 1.54) is 15.6 Å². The van der Waals surface area contributed by atoms with Crippen LogP contribution in [0.25, 0.3) is 11.3 Å². The monoisotopic (exact) mass is 444 g/mol. The molecule has 0 unspecified atom stereocenters. The molecule has 1 N–H and O–H groups in total. The van der Waals surface area contributed by atoms with Gasteiger partial charge in [0.1, 0.15) is 5.75 Å². The summed E-state index contributed by atoms with van der Waals surface area (Å²) in [5, 5.41) is 6.76. The molecule has 0 spiro atoms. The second-order valence-electron chi connectivity index (χ2n) is 6.29. The molecule has 0 aliphatic carbocycles. The van der Waals surface area contributed by atoms with E-state index in [4.69, 9.17) is 4.74 Å². The standard InChI is InChI=1S/C21H24N4O3S2/c1-4-25(5-2)30(26,27)19-12-8-17(9-13-19)20-15-29-21(23-20)24-22-14-16-6-10-18(28-3)11-7-16/h6-15H,4-5H2,1-3H3,(H,23,24)/b22-14+. The van der Waals surface area contributed by atoms with Gasteiger partial charge in [0.2, 0.25) is 15.2 Å². The van der Waals surface area contributed by atoms with Crippen molar-refractivity contribution in [2.24, 2.45) is 5.10 Å². The quantitative estimate of drug-likeness (QED) is 0.393. The number of nitrogens with zero attached hydrogens (tertiary/aromatic N) is 3. The lowest BCUT2D eigenvalue weighted by molar-refractivity contribution is 0.415. The van der Waals surface area contributed by atoms with Crippen LogP contribution in [0.4, 0.5) is 5.13 Å². The fourth-order valence-electron chi connectivity index (χ4n) is 2.82. The average molecular weight is 445 g/mol. The van der Waals surface area contributed by atoms with Crippen molar-refractivity contribution in [3.8, 4) is 17.0 Å². The third kappa shape index (κ3) is 5.05. The van der Waals surface area contributed by atoms with Gasteiger partial charge in [0.05, 0.1) is 23.9 Å². The van der Waals surface area contributed by atoms with E-state index in [1.807, 2.05) is 43.5 Å². The van der Waals surface area contributed by atoms with E-state index in [2.05, 4.69) is 15.5 Å². The van der Waals surface area contributed by atoms with Crippen LogP contribution in [-0.2, 0) is 10.0 Å². The van der Waals surface area contributed by atoms with Crippen molar-refractivity contribution in [1.29, 1.82) is 0 Å². The summed E-state index contributed by atoms with van der Waals surface area (Å²) in [7, 11) is -1.83. The summed E-state index contributed by atoms with van der Waals surface area (Å²) in [5.41, 5.74) is 5.46. The maximum atomic E-state index is 12.6. The van der Waals surface area contributed by atoms with Gasteiger partial charge in [0.15, 0.2) is 0 Å². The number of hydrazone groups is 1. The molecule has 0 atom stereocenters. The summed E-state index contributed by atoms with van der Waals surface area (Å²) >= 11 is 1.43. The molecule has 158 valence electrons. The summed E-state index contributed by atoms with van der Waals surface area (Å²) in [6.45, 7) is 4.55. The molecule has 0 saturated carbocycles. The first-order valence-corrected chi connectivity index (χ1v) is 11.8. The summed E-state index contributed by atoms with van der Waals surface area (Å²) < 4.78 is 31.8. The molecule has 0 saturated heterocycles. The molecule has 3 rings (SSSR count). The Morgan fingerprint density at radius 2 is 1.77 bits per heavy atom. The molecule has 0 aliphatic heterocycles. The zero-order chi connectivity index (χ0) is 21.6. The van der Waals surface area contributed by atoms with E-state index in [9.17, 15) is 8.42 Å². The molecule has 0 radical (unpaired) electrons. The van der Waals surface area contributed by atoms with E-state index in [-0.39, 0.29) is 4.90 Å². The predicted octanol–water partition coefficient (Wildman–Crippen LogP) is 4.30. The van der Waals surface area contributed by atoms with E-state index in [1.54, 1.807) is 37.6 Å². The second kappa shape index (κ2) is 9.84. The molecule has 3 aromatic rings. The normalized spacial score (nSPS) is 11.9. The maximum absolute atomic E-state index is 12.6. The smallest absolute Gasteiger partial charge is 0.243 e. The number of hydrogen-bond acceptors (Lipinski definition) is 7. The molecule has 1 aromatic heterocycles. The van der Waals surface area contributed by atoms with Crippen molar-refractivity contribution in [2.75, 3.05) is 25.6 Å². The molecule has 0 fully saturated rings. The molecule has 0 bridgehead atoms. The molecule has 7 nitrogen and oxygen atoms in total. The van der Waals surface area contributed by atoms with Gasteiger partial charge in [-0.3, -0.25) is 5.43 Å². The van der Waals surface area contributed by atoms with Gasteiger partial charge in [0.25, 0.3) is 0 Å². The van der Waals surface area contributed by atoms with Crippen LogP contribution in [0.15, 0.2) is 63.9 Å². The number of sulfonamides is 1. The minimum Gasteiger partial charge on any atom is -0.497 e. The molecule has 9 heteroatoms. The molecular weight excluding hydrogens is 420 g/mol. The highest BCUT2D eigenvalue weighted by Gasteiger charge is 2.21. The number of ether oxygens (including phenoxy) is 1. The minimum absolute atomic E-state index is 0.285. The molecule has 2 aromatic carbocycles. The van der Waals surface area contributed by atoms with E-state index in [0.717, 1.165) is 22.6 Å². The topological polar surface area (TPSA) is 83.9 Å². The lowest BCUT2D eigenvalue weighted by Gasteiger charge is -2.18. The zero-order valence-electron chi connectivity index (χ0n) is 17.1. The SMILES string of the molecule is CCN(CC)S(=O)(=O)c1ccc(-c2csc(N/N=C/c3ccc(OC)cc3)n2)cc1. The summed E-state index contributed by atoms with van der Waals surface area (Å²) in [5.74, 6) is 0.792. The zero-order valence-corrected chi connectivity index (χ0v) is 18.7. The van der Waals surface area contributed by atoms with Gasteiger partial charge in [-0.2, -0.15) is 9.41 Å². The summed E-state index contributed by atoms with van der Waals surface area (Å²) in [4.78, 5) is 4.80. The first-order valence-electron chi connectivity index (χ1n) is 9.47. The number of nitrogens with one attached hydrogen (secondary N) is 1. The predicted molar refractivity (Wildman–Crippen MR) is 122 cm³/mol. The second-order valence-corrected chi connectivity index (χ2v) is 9.09. The summed E-state index contributed by atoms with van der Waals surface area (Å²) in [6.07, 6.45) is 1.70. The first kappa shape index (κ1) is 21.9. The Morgan fingerprint density at radius 1 is 1.10 bits per heavy atom. The Labute approximate surface area is 181 Å². The van der Waals surface area contributed by atoms with Crippen molar-refractivity contribution in [3.63, 3.8) is 0 Å². The Balaban J connectivity index is 1.67. The highest BCUT2D eigenvalue weighted by Crippen LogP contribution is 2.26. The summed E-state index contributed by atoms with van der Waals surface area (Å²) in [6, 6.07) is 14.3. The van der Waals surface area contributed by atoms with Gasteiger partial charge in [0, 0.05) is 24.0 Å². The van der Waals surface area contributed by atoms with Crippen LogP contribution in [-0.4, -0.2) is 44.1 Å². The van der Waals surface area contributed by atoms with Gasteiger partial charge in [-0.05, 0) is 42.0 Å². The van der Waals surface area contributed by atoms with Gasteiger partial charge < -0.3 is 4.74 Å². The van der Waals surface area contributed by atoms with Gasteiger partial charge in [-0.15, -0.1) is 11.3 Å². The number of methoxy groups -OCH3 is 1. The van der Waals surface area contributed by atoms with Crippen LogP contribution in [0.2, 0.25) is 0 Å². The number of benzene rings is 2. The Bertz CT molecular complexity index is 1090. The van der Waals surface area contributed by atoms with Crippen LogP contribution >= 0.6 is 11.3 Å². The third-order valence-corrected chi connectivity index (χ3v) is 7.30. The largest absolute Gasteiger partial charge is 0.497 e. The number of rotatable bonds is 9.